The first-order valence-corrected chi connectivity index (χ1v) is 7.31. The molecule has 21 heavy (non-hydrogen) atoms. The van der Waals surface area contributed by atoms with Gasteiger partial charge in [0.1, 0.15) is 12.1 Å². The zero-order valence-corrected chi connectivity index (χ0v) is 12.4. The normalized spacial score (nSPS) is 16.9. The van der Waals surface area contributed by atoms with Crippen molar-refractivity contribution in [1.29, 1.82) is 0 Å². The fourth-order valence-corrected chi connectivity index (χ4v) is 2.92. The van der Waals surface area contributed by atoms with Crippen molar-refractivity contribution in [1.82, 2.24) is 9.66 Å². The summed E-state index contributed by atoms with van der Waals surface area (Å²) < 4.78 is 1.90. The van der Waals surface area contributed by atoms with Crippen molar-refractivity contribution in [3.05, 3.63) is 47.5 Å². The van der Waals surface area contributed by atoms with Gasteiger partial charge in [0.2, 0.25) is 0 Å². The second kappa shape index (κ2) is 5.60. The fraction of sp³-hybridized carbons (Fsp3) is 0.375. The molecule has 1 unspecified atom stereocenters. The molecule has 1 aromatic heterocycles. The van der Waals surface area contributed by atoms with Gasteiger partial charge in [-0.2, -0.15) is 0 Å². The number of hydrogen-bond donors (Lipinski definition) is 1. The average Bonchev–Trinajstić information content (AvgIpc) is 3.07. The Morgan fingerprint density at radius 1 is 1.43 bits per heavy atom. The molecule has 0 spiro atoms. The van der Waals surface area contributed by atoms with Gasteiger partial charge in [0.25, 0.3) is 0 Å². The third-order valence-corrected chi connectivity index (χ3v) is 4.04. The highest BCUT2D eigenvalue weighted by Crippen LogP contribution is 2.38. The van der Waals surface area contributed by atoms with Gasteiger partial charge in [-0.3, -0.25) is 0 Å². The van der Waals surface area contributed by atoms with Gasteiger partial charge < -0.3 is 15.1 Å². The van der Waals surface area contributed by atoms with Gasteiger partial charge in [-0.25, -0.2) is 9.66 Å². The van der Waals surface area contributed by atoms with Gasteiger partial charge in [-0.05, 0) is 18.1 Å². The molecule has 110 valence electrons. The van der Waals surface area contributed by atoms with Gasteiger partial charge in [0.15, 0.2) is 0 Å². The number of nitrogens with zero attached hydrogens (tertiary/aromatic N) is 3. The van der Waals surface area contributed by atoms with E-state index in [9.17, 15) is 4.79 Å². The molecule has 1 aliphatic heterocycles. The maximum atomic E-state index is 10.6. The zero-order valence-electron chi connectivity index (χ0n) is 12.4. The molecule has 5 nitrogen and oxygen atoms in total. The highest BCUT2D eigenvalue weighted by molar-refractivity contribution is 5.59. The van der Waals surface area contributed by atoms with E-state index in [4.69, 9.17) is 4.98 Å². The molecule has 0 saturated carbocycles. The number of fused-ring (bicyclic) bond motifs is 1. The SMILES string of the molecule is CCc1cn(NCC=O)c(C2Cc3ccccc3N2C)n1. The van der Waals surface area contributed by atoms with E-state index in [2.05, 4.69) is 48.6 Å². The van der Waals surface area contributed by atoms with Crippen LogP contribution in [0.5, 0.6) is 0 Å². The van der Waals surface area contributed by atoms with Crippen molar-refractivity contribution < 1.29 is 4.79 Å². The van der Waals surface area contributed by atoms with Crippen molar-refractivity contribution in [2.45, 2.75) is 25.8 Å². The number of carbonyl (C=O) groups excluding carboxylic acids is 1. The number of likely N-dealkylation sites (N-methyl/N-ethyl adjacent to an activating group) is 1. The van der Waals surface area contributed by atoms with Gasteiger partial charge >= 0.3 is 0 Å². The van der Waals surface area contributed by atoms with Crippen molar-refractivity contribution in [3.8, 4) is 0 Å². The summed E-state index contributed by atoms with van der Waals surface area (Å²) in [7, 11) is 2.10. The Balaban J connectivity index is 1.94. The molecular formula is C16H20N4O. The van der Waals surface area contributed by atoms with Crippen molar-refractivity contribution >= 4 is 12.0 Å². The van der Waals surface area contributed by atoms with Crippen molar-refractivity contribution in [2.75, 3.05) is 23.9 Å². The highest BCUT2D eigenvalue weighted by atomic mass is 16.1. The van der Waals surface area contributed by atoms with Crippen LogP contribution in [0.4, 0.5) is 5.69 Å². The molecule has 2 heterocycles. The molecule has 1 N–H and O–H groups in total. The van der Waals surface area contributed by atoms with Crippen LogP contribution in [-0.2, 0) is 17.6 Å². The Bertz CT molecular complexity index is 649. The van der Waals surface area contributed by atoms with Gasteiger partial charge in [0, 0.05) is 25.4 Å². The zero-order chi connectivity index (χ0) is 14.8. The van der Waals surface area contributed by atoms with Crippen molar-refractivity contribution in [3.63, 3.8) is 0 Å². The number of para-hydroxylation sites is 1. The second-order valence-electron chi connectivity index (χ2n) is 5.30. The topological polar surface area (TPSA) is 50.2 Å². The summed E-state index contributed by atoms with van der Waals surface area (Å²) in [6.07, 6.45) is 4.67. The Hall–Kier alpha value is -2.30. The van der Waals surface area contributed by atoms with Crippen LogP contribution in [0.2, 0.25) is 0 Å². The monoisotopic (exact) mass is 284 g/mol. The first kappa shape index (κ1) is 13.7. The van der Waals surface area contributed by atoms with Crippen LogP contribution < -0.4 is 10.3 Å². The lowest BCUT2D eigenvalue weighted by Gasteiger charge is -2.23. The maximum absolute atomic E-state index is 10.6. The van der Waals surface area contributed by atoms with Gasteiger partial charge in [-0.1, -0.05) is 25.1 Å². The number of rotatable bonds is 5. The van der Waals surface area contributed by atoms with E-state index >= 15 is 0 Å². The smallest absolute Gasteiger partial charge is 0.150 e. The molecule has 1 aromatic carbocycles. The van der Waals surface area contributed by atoms with Crippen LogP contribution >= 0.6 is 0 Å². The van der Waals surface area contributed by atoms with E-state index in [0.29, 0.717) is 0 Å². The Labute approximate surface area is 124 Å². The molecule has 0 radical (unpaired) electrons. The van der Waals surface area contributed by atoms with E-state index < -0.39 is 0 Å². The highest BCUT2D eigenvalue weighted by Gasteiger charge is 2.31. The van der Waals surface area contributed by atoms with Gasteiger partial charge in [0.05, 0.1) is 18.3 Å². The standard InChI is InChI=1S/C16H20N4O/c1-3-13-11-20(17-8-9-21)16(18-13)15-10-12-6-4-5-7-14(12)19(15)2/h4-7,9,11,15,17H,3,8,10H2,1-2H3. The summed E-state index contributed by atoms with van der Waals surface area (Å²) in [5.41, 5.74) is 6.73. The van der Waals surface area contributed by atoms with E-state index in [1.807, 2.05) is 10.9 Å². The number of anilines is 1. The molecule has 0 aliphatic carbocycles. The van der Waals surface area contributed by atoms with Crippen molar-refractivity contribution in [2.24, 2.45) is 0 Å². The number of nitrogens with one attached hydrogen (secondary N) is 1. The number of aryl methyl sites for hydroxylation is 1. The third-order valence-electron chi connectivity index (χ3n) is 4.04. The first-order valence-electron chi connectivity index (χ1n) is 7.31. The fourth-order valence-electron chi connectivity index (χ4n) is 2.92. The number of imidazole rings is 1. The van der Waals surface area contributed by atoms with Crippen LogP contribution in [-0.4, -0.2) is 29.5 Å². The minimum atomic E-state index is 0.196. The molecule has 0 bridgehead atoms. The third kappa shape index (κ3) is 2.39. The molecule has 3 rings (SSSR count). The molecule has 1 atom stereocenters. The Kier molecular flexibility index (Phi) is 3.64. The number of benzene rings is 1. The largest absolute Gasteiger partial charge is 0.364 e. The van der Waals surface area contributed by atoms with Crippen LogP contribution in [0.15, 0.2) is 30.5 Å². The summed E-state index contributed by atoms with van der Waals surface area (Å²) in [5, 5.41) is 0. The Morgan fingerprint density at radius 2 is 2.24 bits per heavy atom. The lowest BCUT2D eigenvalue weighted by molar-refractivity contribution is -0.106. The molecule has 2 aromatic rings. The van der Waals surface area contributed by atoms with Crippen LogP contribution in [0, 0.1) is 0 Å². The van der Waals surface area contributed by atoms with E-state index in [1.165, 1.54) is 11.3 Å². The Morgan fingerprint density at radius 3 is 2.95 bits per heavy atom. The number of hydrogen-bond acceptors (Lipinski definition) is 4. The molecule has 5 heteroatoms. The first-order chi connectivity index (χ1) is 10.2. The van der Waals surface area contributed by atoms with Gasteiger partial charge in [-0.15, -0.1) is 0 Å². The number of aromatic nitrogens is 2. The van der Waals surface area contributed by atoms with E-state index in [-0.39, 0.29) is 12.6 Å². The number of aldehydes is 1. The molecule has 0 saturated heterocycles. The quantitative estimate of drug-likeness (QED) is 0.852. The van der Waals surface area contributed by atoms with Crippen LogP contribution in [0.25, 0.3) is 0 Å². The summed E-state index contributed by atoms with van der Waals surface area (Å²) in [5.74, 6) is 0.965. The minimum Gasteiger partial charge on any atom is -0.364 e. The summed E-state index contributed by atoms with van der Waals surface area (Å²) in [6.45, 7) is 2.37. The molecule has 0 amide bonds. The maximum Gasteiger partial charge on any atom is 0.150 e. The van der Waals surface area contributed by atoms with E-state index in [0.717, 1.165) is 30.6 Å². The summed E-state index contributed by atoms with van der Waals surface area (Å²) in [4.78, 5) is 17.6. The lowest BCUT2D eigenvalue weighted by Crippen LogP contribution is -2.27. The average molecular weight is 284 g/mol. The number of carbonyl (C=O) groups is 1. The lowest BCUT2D eigenvalue weighted by atomic mass is 10.1. The van der Waals surface area contributed by atoms with Crippen LogP contribution in [0.1, 0.15) is 30.0 Å². The predicted molar refractivity (Wildman–Crippen MR) is 83.2 cm³/mol. The predicted octanol–water partition coefficient (Wildman–Crippen LogP) is 1.92. The van der Waals surface area contributed by atoms with E-state index in [1.54, 1.807) is 0 Å². The second-order valence-corrected chi connectivity index (χ2v) is 5.30. The summed E-state index contributed by atoms with van der Waals surface area (Å²) in [6, 6.07) is 8.64. The molecular weight excluding hydrogens is 264 g/mol. The molecule has 0 fully saturated rings. The molecule has 1 aliphatic rings. The minimum absolute atomic E-state index is 0.196. The van der Waals surface area contributed by atoms with Crippen LogP contribution in [0.3, 0.4) is 0 Å². The summed E-state index contributed by atoms with van der Waals surface area (Å²) >= 11 is 0.